The predicted molar refractivity (Wildman–Crippen MR) is 158 cm³/mol. The molecule has 40 heavy (non-hydrogen) atoms. The van der Waals surface area contributed by atoms with E-state index in [0.717, 1.165) is 38.3 Å². The molecule has 2 amide bonds. The van der Waals surface area contributed by atoms with E-state index in [1.807, 2.05) is 12.1 Å². The first-order valence-electron chi connectivity index (χ1n) is 13.9. The number of anilines is 1. The van der Waals surface area contributed by atoms with Crippen molar-refractivity contribution in [1.29, 1.82) is 0 Å². The second kappa shape index (κ2) is 11.2. The summed E-state index contributed by atoms with van der Waals surface area (Å²) in [5, 5.41) is 10.1. The van der Waals surface area contributed by atoms with E-state index in [9.17, 15) is 9.59 Å². The van der Waals surface area contributed by atoms with Crippen molar-refractivity contribution in [3.05, 3.63) is 63.4 Å². The van der Waals surface area contributed by atoms with Crippen molar-refractivity contribution in [1.82, 2.24) is 20.4 Å². The van der Waals surface area contributed by atoms with Gasteiger partial charge in [-0.3, -0.25) is 14.5 Å². The lowest BCUT2D eigenvalue weighted by atomic mass is 9.62. The zero-order valence-electron chi connectivity index (χ0n) is 23.5. The van der Waals surface area contributed by atoms with Gasteiger partial charge in [0, 0.05) is 61.9 Å². The molecular formula is C30H38Cl2FN5O2. The van der Waals surface area contributed by atoms with Gasteiger partial charge in [0.15, 0.2) is 0 Å². The summed E-state index contributed by atoms with van der Waals surface area (Å²) >= 11 is 12.6. The molecule has 5 rings (SSSR count). The number of piperazine rings is 1. The number of amides is 2. The summed E-state index contributed by atoms with van der Waals surface area (Å²) in [6.45, 7) is 11.4. The average molecular weight is 591 g/mol. The third kappa shape index (κ3) is 5.49. The summed E-state index contributed by atoms with van der Waals surface area (Å²) in [4.78, 5) is 32.7. The second-order valence-corrected chi connectivity index (χ2v) is 13.4. The first-order valence-corrected chi connectivity index (χ1v) is 14.7. The Morgan fingerprint density at radius 2 is 1.88 bits per heavy atom. The first kappa shape index (κ1) is 29.3. The third-order valence-electron chi connectivity index (χ3n) is 8.51. The van der Waals surface area contributed by atoms with E-state index in [0.29, 0.717) is 29.2 Å². The number of hydrogen-bond donors (Lipinski definition) is 3. The lowest BCUT2D eigenvalue weighted by Gasteiger charge is -2.37. The van der Waals surface area contributed by atoms with Crippen molar-refractivity contribution >= 4 is 40.7 Å². The van der Waals surface area contributed by atoms with Gasteiger partial charge in [0.1, 0.15) is 11.2 Å². The molecule has 0 saturated carbocycles. The van der Waals surface area contributed by atoms with Gasteiger partial charge in [-0.2, -0.15) is 0 Å². The number of nitrogens with zero attached hydrogens (tertiary/aromatic N) is 2. The number of hydrogen-bond acceptors (Lipinski definition) is 5. The Kier molecular flexibility index (Phi) is 8.21. The van der Waals surface area contributed by atoms with Gasteiger partial charge in [-0.1, -0.05) is 56.1 Å². The topological polar surface area (TPSA) is 76.7 Å². The minimum Gasteiger partial charge on any atom is -0.353 e. The van der Waals surface area contributed by atoms with E-state index < -0.39 is 29.2 Å². The Balaban J connectivity index is 1.55. The van der Waals surface area contributed by atoms with Gasteiger partial charge in [-0.25, -0.2) is 4.39 Å². The Hall–Kier alpha value is -2.23. The number of likely N-dealkylation sites (N-methyl/N-ethyl adjacent to an activating group) is 1. The van der Waals surface area contributed by atoms with Crippen LogP contribution in [0.25, 0.3) is 0 Å². The van der Waals surface area contributed by atoms with Gasteiger partial charge in [0.05, 0.1) is 11.1 Å². The molecule has 7 nitrogen and oxygen atoms in total. The molecule has 0 aliphatic carbocycles. The summed E-state index contributed by atoms with van der Waals surface area (Å²) in [5.41, 5.74) is 0.288. The molecule has 4 unspecified atom stereocenters. The normalized spacial score (nSPS) is 27.2. The van der Waals surface area contributed by atoms with Crippen LogP contribution in [0, 0.1) is 11.2 Å². The molecule has 1 spiro atoms. The van der Waals surface area contributed by atoms with Gasteiger partial charge in [0.25, 0.3) is 0 Å². The Bertz CT molecular complexity index is 1290. The highest BCUT2D eigenvalue weighted by Crippen LogP contribution is 2.57. The van der Waals surface area contributed by atoms with Crippen molar-refractivity contribution in [3.63, 3.8) is 0 Å². The highest BCUT2D eigenvalue weighted by molar-refractivity contribution is 6.31. The fourth-order valence-electron chi connectivity index (χ4n) is 6.65. The number of nitrogens with one attached hydrogen (secondary N) is 3. The van der Waals surface area contributed by atoms with Crippen LogP contribution in [0.3, 0.4) is 0 Å². The number of benzene rings is 2. The molecule has 3 aliphatic heterocycles. The number of rotatable bonds is 6. The molecule has 0 radical (unpaired) electrons. The van der Waals surface area contributed by atoms with Crippen LogP contribution in [-0.2, 0) is 15.0 Å². The molecule has 216 valence electrons. The number of halogens is 3. The van der Waals surface area contributed by atoms with Gasteiger partial charge in [-0.15, -0.1) is 0 Å². The van der Waals surface area contributed by atoms with Crippen LogP contribution in [0.15, 0.2) is 36.4 Å². The Morgan fingerprint density at radius 3 is 2.55 bits per heavy atom. The van der Waals surface area contributed by atoms with Crippen LogP contribution in [0.1, 0.15) is 44.2 Å². The summed E-state index contributed by atoms with van der Waals surface area (Å²) in [6, 6.07) is 8.91. The highest BCUT2D eigenvalue weighted by Gasteiger charge is 2.65. The molecule has 2 aromatic rings. The third-order valence-corrected chi connectivity index (χ3v) is 9.04. The smallest absolute Gasteiger partial charge is 0.237 e. The second-order valence-electron chi connectivity index (χ2n) is 12.6. The minimum atomic E-state index is -1.25. The van der Waals surface area contributed by atoms with Gasteiger partial charge in [0.2, 0.25) is 11.8 Å². The average Bonchev–Trinajstić information content (AvgIpc) is 3.35. The summed E-state index contributed by atoms with van der Waals surface area (Å²) in [5.74, 6) is -1.70. The van der Waals surface area contributed by atoms with Crippen molar-refractivity contribution in [2.45, 2.75) is 50.6 Å². The van der Waals surface area contributed by atoms with E-state index in [-0.39, 0.29) is 22.3 Å². The molecule has 4 atom stereocenters. The fourth-order valence-corrected chi connectivity index (χ4v) is 7.02. The molecule has 2 aromatic carbocycles. The van der Waals surface area contributed by atoms with Crippen molar-refractivity contribution in [2.75, 3.05) is 51.6 Å². The van der Waals surface area contributed by atoms with Crippen LogP contribution in [0.5, 0.6) is 0 Å². The Morgan fingerprint density at radius 1 is 1.15 bits per heavy atom. The molecule has 0 bridgehead atoms. The van der Waals surface area contributed by atoms with Crippen molar-refractivity contribution in [2.24, 2.45) is 5.41 Å². The van der Waals surface area contributed by atoms with Crippen molar-refractivity contribution in [3.8, 4) is 0 Å². The van der Waals surface area contributed by atoms with E-state index in [1.165, 1.54) is 12.1 Å². The van der Waals surface area contributed by atoms with Crippen LogP contribution >= 0.6 is 23.2 Å². The first-order chi connectivity index (χ1) is 18.9. The highest BCUT2D eigenvalue weighted by atomic mass is 35.5. The summed E-state index contributed by atoms with van der Waals surface area (Å²) in [7, 11) is 2.11. The lowest BCUT2D eigenvalue weighted by molar-refractivity contribution is -0.123. The molecule has 10 heteroatoms. The standard InChI is InChI=1S/C30H38Cl2FN5O2/c1-29(2,3)17-24-30(20-15-22(33)21(32)16-23(20)35-28(30)40)25(18-6-5-7-19(31)14-18)26(36-24)27(39)34-8-9-38-12-10-37(4)11-13-38/h5-7,14-16,24-26,36H,8-13,17H2,1-4H3,(H,34,39)(H,35,40). The molecule has 2 saturated heterocycles. The van der Waals surface area contributed by atoms with Crippen LogP contribution < -0.4 is 16.0 Å². The fraction of sp³-hybridized carbons (Fsp3) is 0.533. The predicted octanol–water partition coefficient (Wildman–Crippen LogP) is 4.25. The van der Waals surface area contributed by atoms with E-state index in [1.54, 1.807) is 12.1 Å². The quantitative estimate of drug-likeness (QED) is 0.470. The molecule has 2 fully saturated rings. The molecule has 3 N–H and O–H groups in total. The maximum atomic E-state index is 15.0. The SMILES string of the molecule is CN1CCN(CCNC(=O)C2NC(CC(C)(C)C)C3(C(=O)Nc4cc(Cl)c(F)cc43)C2c2cccc(Cl)c2)CC1. The Labute approximate surface area is 245 Å². The van der Waals surface area contributed by atoms with E-state index in [2.05, 4.69) is 53.6 Å². The van der Waals surface area contributed by atoms with Crippen LogP contribution in [0.4, 0.5) is 10.1 Å². The maximum Gasteiger partial charge on any atom is 0.237 e. The number of fused-ring (bicyclic) bond motifs is 2. The van der Waals surface area contributed by atoms with Gasteiger partial charge >= 0.3 is 0 Å². The number of carbonyl (C=O) groups excluding carboxylic acids is 2. The monoisotopic (exact) mass is 589 g/mol. The molecular weight excluding hydrogens is 552 g/mol. The summed E-state index contributed by atoms with van der Waals surface area (Å²) < 4.78 is 15.0. The zero-order valence-corrected chi connectivity index (χ0v) is 25.0. The van der Waals surface area contributed by atoms with E-state index >= 15 is 4.39 Å². The van der Waals surface area contributed by atoms with Crippen LogP contribution in [0.2, 0.25) is 10.0 Å². The van der Waals surface area contributed by atoms with Gasteiger partial charge in [-0.05, 0) is 54.3 Å². The van der Waals surface area contributed by atoms with E-state index in [4.69, 9.17) is 23.2 Å². The molecule has 3 aliphatic rings. The maximum absolute atomic E-state index is 15.0. The summed E-state index contributed by atoms with van der Waals surface area (Å²) in [6.07, 6.45) is 0.576. The van der Waals surface area contributed by atoms with Crippen LogP contribution in [-0.4, -0.2) is 80.0 Å². The zero-order chi connectivity index (χ0) is 28.8. The minimum absolute atomic E-state index is 0.0630. The van der Waals surface area contributed by atoms with Gasteiger partial charge < -0.3 is 20.9 Å². The molecule has 0 aromatic heterocycles. The van der Waals surface area contributed by atoms with Crippen molar-refractivity contribution < 1.29 is 14.0 Å². The molecule has 3 heterocycles. The largest absolute Gasteiger partial charge is 0.353 e. The number of carbonyl (C=O) groups is 2. The lowest BCUT2D eigenvalue weighted by Crippen LogP contribution is -2.49.